The minimum absolute atomic E-state index is 0.0373. The third kappa shape index (κ3) is 4.84. The van der Waals surface area contributed by atoms with Crippen LogP contribution in [0, 0.1) is 0 Å². The van der Waals surface area contributed by atoms with Gasteiger partial charge in [0.05, 0.1) is 6.54 Å². The smallest absolute Gasteiger partial charge is 0.315 e. The van der Waals surface area contributed by atoms with Crippen molar-refractivity contribution in [1.29, 1.82) is 0 Å². The highest BCUT2D eigenvalue weighted by molar-refractivity contribution is 4.88. The van der Waals surface area contributed by atoms with Crippen LogP contribution in [0.25, 0.3) is 0 Å². The largest absolute Gasteiger partial charge is 0.401 e. The standard InChI is InChI=1S/C12H23F3N2/c1-3-8-17(9-12(13,14)15)11-7-5-4-6-10(11)16-2/h10-11,16H,3-9H2,1-2H3. The summed E-state index contributed by atoms with van der Waals surface area (Å²) in [6.45, 7) is 1.69. The van der Waals surface area contributed by atoms with Gasteiger partial charge in [-0.05, 0) is 32.9 Å². The summed E-state index contributed by atoms with van der Waals surface area (Å²) < 4.78 is 37.7. The molecule has 0 spiro atoms. The molecule has 2 atom stereocenters. The number of hydrogen-bond donors (Lipinski definition) is 1. The molecule has 5 heteroatoms. The van der Waals surface area contributed by atoms with Crippen LogP contribution in [0.5, 0.6) is 0 Å². The van der Waals surface area contributed by atoms with Gasteiger partial charge in [-0.15, -0.1) is 0 Å². The van der Waals surface area contributed by atoms with Crippen LogP contribution in [0.15, 0.2) is 0 Å². The van der Waals surface area contributed by atoms with Crippen LogP contribution in [-0.4, -0.2) is 43.3 Å². The van der Waals surface area contributed by atoms with E-state index in [1.54, 1.807) is 4.90 Å². The number of likely N-dealkylation sites (N-methyl/N-ethyl adjacent to an activating group) is 1. The van der Waals surface area contributed by atoms with Crippen LogP contribution in [0.2, 0.25) is 0 Å². The van der Waals surface area contributed by atoms with Crippen molar-refractivity contribution in [2.45, 2.75) is 57.3 Å². The van der Waals surface area contributed by atoms with Crippen molar-refractivity contribution in [3.63, 3.8) is 0 Å². The molecule has 1 saturated carbocycles. The topological polar surface area (TPSA) is 15.3 Å². The molecule has 0 aromatic heterocycles. The molecule has 2 unspecified atom stereocenters. The predicted molar refractivity (Wildman–Crippen MR) is 63.0 cm³/mol. The Morgan fingerprint density at radius 1 is 1.24 bits per heavy atom. The fourth-order valence-electron chi connectivity index (χ4n) is 2.76. The molecule has 0 heterocycles. The Hall–Kier alpha value is -0.290. The first-order valence-electron chi connectivity index (χ1n) is 6.46. The highest BCUT2D eigenvalue weighted by atomic mass is 19.4. The molecule has 1 aliphatic rings. The molecule has 1 N–H and O–H groups in total. The summed E-state index contributed by atoms with van der Waals surface area (Å²) in [5, 5.41) is 3.17. The number of nitrogens with zero attached hydrogens (tertiary/aromatic N) is 1. The maximum absolute atomic E-state index is 12.6. The fraction of sp³-hybridized carbons (Fsp3) is 1.00. The van der Waals surface area contributed by atoms with Gasteiger partial charge in [-0.3, -0.25) is 4.90 Å². The average molecular weight is 252 g/mol. The van der Waals surface area contributed by atoms with Gasteiger partial charge in [-0.25, -0.2) is 0 Å². The summed E-state index contributed by atoms with van der Waals surface area (Å²) >= 11 is 0. The zero-order valence-corrected chi connectivity index (χ0v) is 10.7. The van der Waals surface area contributed by atoms with Gasteiger partial charge in [0.25, 0.3) is 0 Å². The van der Waals surface area contributed by atoms with Crippen molar-refractivity contribution in [2.75, 3.05) is 20.1 Å². The van der Waals surface area contributed by atoms with Gasteiger partial charge >= 0.3 is 6.18 Å². The fourth-order valence-corrected chi connectivity index (χ4v) is 2.76. The second kappa shape index (κ2) is 6.59. The zero-order valence-electron chi connectivity index (χ0n) is 10.7. The summed E-state index contributed by atoms with van der Waals surface area (Å²) in [6, 6.07) is 0.243. The molecule has 0 aliphatic heterocycles. The van der Waals surface area contributed by atoms with E-state index < -0.39 is 12.7 Å². The summed E-state index contributed by atoms with van der Waals surface area (Å²) in [5.41, 5.74) is 0. The highest BCUT2D eigenvalue weighted by Gasteiger charge is 2.36. The molecule has 0 radical (unpaired) electrons. The Labute approximate surface area is 102 Å². The summed E-state index contributed by atoms with van der Waals surface area (Å²) in [4.78, 5) is 1.61. The third-order valence-electron chi connectivity index (χ3n) is 3.46. The average Bonchev–Trinajstić information content (AvgIpc) is 2.27. The molecule has 102 valence electrons. The number of rotatable bonds is 5. The van der Waals surface area contributed by atoms with Crippen molar-refractivity contribution < 1.29 is 13.2 Å². The Balaban J connectivity index is 2.66. The van der Waals surface area contributed by atoms with Crippen LogP contribution in [0.4, 0.5) is 13.2 Å². The van der Waals surface area contributed by atoms with E-state index in [9.17, 15) is 13.2 Å². The lowest BCUT2D eigenvalue weighted by Gasteiger charge is -2.40. The molecule has 0 aromatic carbocycles. The van der Waals surface area contributed by atoms with Crippen LogP contribution in [0.3, 0.4) is 0 Å². The first-order chi connectivity index (χ1) is 7.98. The van der Waals surface area contributed by atoms with Gasteiger partial charge in [-0.2, -0.15) is 13.2 Å². The van der Waals surface area contributed by atoms with E-state index in [2.05, 4.69) is 5.32 Å². The van der Waals surface area contributed by atoms with E-state index in [4.69, 9.17) is 0 Å². The van der Waals surface area contributed by atoms with Crippen molar-refractivity contribution in [3.8, 4) is 0 Å². The van der Waals surface area contributed by atoms with Crippen LogP contribution < -0.4 is 5.32 Å². The van der Waals surface area contributed by atoms with Crippen molar-refractivity contribution >= 4 is 0 Å². The van der Waals surface area contributed by atoms with Crippen LogP contribution in [0.1, 0.15) is 39.0 Å². The van der Waals surface area contributed by atoms with E-state index in [1.165, 1.54) is 0 Å². The number of halogens is 3. The van der Waals surface area contributed by atoms with Crippen LogP contribution >= 0.6 is 0 Å². The Kier molecular flexibility index (Phi) is 5.73. The van der Waals surface area contributed by atoms with Gasteiger partial charge in [-0.1, -0.05) is 19.8 Å². The number of nitrogens with one attached hydrogen (secondary N) is 1. The molecule has 0 saturated heterocycles. The van der Waals surface area contributed by atoms with Crippen molar-refractivity contribution in [2.24, 2.45) is 0 Å². The van der Waals surface area contributed by atoms with E-state index in [0.29, 0.717) is 6.54 Å². The molecule has 0 amide bonds. The molecular formula is C12H23F3N2. The van der Waals surface area contributed by atoms with Crippen molar-refractivity contribution in [1.82, 2.24) is 10.2 Å². The molecule has 17 heavy (non-hydrogen) atoms. The van der Waals surface area contributed by atoms with Crippen molar-refractivity contribution in [3.05, 3.63) is 0 Å². The second-order valence-electron chi connectivity index (χ2n) is 4.83. The SMILES string of the molecule is CCCN(CC(F)(F)F)C1CCCCC1NC. The lowest BCUT2D eigenvalue weighted by molar-refractivity contribution is -0.153. The lowest BCUT2D eigenvalue weighted by Crippen LogP contribution is -2.53. The van der Waals surface area contributed by atoms with Gasteiger partial charge in [0.1, 0.15) is 0 Å². The van der Waals surface area contributed by atoms with Gasteiger partial charge < -0.3 is 5.32 Å². The minimum Gasteiger partial charge on any atom is -0.315 e. The first kappa shape index (κ1) is 14.8. The van der Waals surface area contributed by atoms with Crippen LogP contribution in [-0.2, 0) is 0 Å². The highest BCUT2D eigenvalue weighted by Crippen LogP contribution is 2.26. The van der Waals surface area contributed by atoms with E-state index in [0.717, 1.165) is 32.1 Å². The lowest BCUT2D eigenvalue weighted by atomic mass is 9.89. The van der Waals surface area contributed by atoms with E-state index in [-0.39, 0.29) is 12.1 Å². The Morgan fingerprint density at radius 3 is 2.41 bits per heavy atom. The summed E-state index contributed by atoms with van der Waals surface area (Å²) in [6.07, 6.45) is 0.698. The predicted octanol–water partition coefficient (Wildman–Crippen LogP) is 2.79. The first-order valence-corrected chi connectivity index (χ1v) is 6.46. The number of alkyl halides is 3. The molecule has 2 nitrogen and oxygen atoms in total. The van der Waals surface area contributed by atoms with Gasteiger partial charge in [0.15, 0.2) is 0 Å². The molecule has 0 bridgehead atoms. The molecular weight excluding hydrogens is 229 g/mol. The number of hydrogen-bond acceptors (Lipinski definition) is 2. The Bertz CT molecular complexity index is 218. The maximum Gasteiger partial charge on any atom is 0.401 e. The molecule has 1 aliphatic carbocycles. The molecule has 1 rings (SSSR count). The summed E-state index contributed by atoms with van der Waals surface area (Å²) in [7, 11) is 1.85. The second-order valence-corrected chi connectivity index (χ2v) is 4.83. The maximum atomic E-state index is 12.6. The zero-order chi connectivity index (χ0) is 12.9. The Morgan fingerprint density at radius 2 is 1.88 bits per heavy atom. The van der Waals surface area contributed by atoms with Gasteiger partial charge in [0, 0.05) is 12.1 Å². The normalized spacial score (nSPS) is 26.5. The third-order valence-corrected chi connectivity index (χ3v) is 3.46. The molecule has 1 fully saturated rings. The van der Waals surface area contributed by atoms with E-state index >= 15 is 0 Å². The van der Waals surface area contributed by atoms with Gasteiger partial charge in [0.2, 0.25) is 0 Å². The molecule has 0 aromatic rings. The minimum atomic E-state index is -4.09. The van der Waals surface area contributed by atoms with E-state index in [1.807, 2.05) is 14.0 Å². The quantitative estimate of drug-likeness (QED) is 0.809. The summed E-state index contributed by atoms with van der Waals surface area (Å²) in [5.74, 6) is 0. The monoisotopic (exact) mass is 252 g/mol.